The summed E-state index contributed by atoms with van der Waals surface area (Å²) in [5.74, 6) is 0.610. The number of nitrogens with one attached hydrogen (secondary N) is 1. The SMILES string of the molecule is CC(C)(C)c1ccc(OCc2cccc(C(=O)Nc3cnn(Cc4ccc(Cl)cc4)c3)c2)cc1. The maximum Gasteiger partial charge on any atom is 0.255 e. The van der Waals surface area contributed by atoms with Crippen molar-refractivity contribution in [1.29, 1.82) is 0 Å². The fraction of sp³-hybridized carbons (Fsp3) is 0.214. The molecule has 1 N–H and O–H groups in total. The van der Waals surface area contributed by atoms with Crippen LogP contribution < -0.4 is 10.1 Å². The molecule has 0 unspecified atom stereocenters. The molecule has 6 heteroatoms. The molecule has 4 rings (SSSR count). The highest BCUT2D eigenvalue weighted by molar-refractivity contribution is 6.30. The zero-order valence-electron chi connectivity index (χ0n) is 19.6. The number of anilines is 1. The summed E-state index contributed by atoms with van der Waals surface area (Å²) in [6.07, 6.45) is 3.45. The average Bonchev–Trinajstić information content (AvgIpc) is 3.25. The largest absolute Gasteiger partial charge is 0.489 e. The Hall–Kier alpha value is -3.57. The van der Waals surface area contributed by atoms with E-state index in [1.165, 1.54) is 5.56 Å². The van der Waals surface area contributed by atoms with E-state index in [0.29, 0.717) is 29.4 Å². The lowest BCUT2D eigenvalue weighted by Crippen LogP contribution is -2.12. The summed E-state index contributed by atoms with van der Waals surface area (Å²) in [5.41, 5.74) is 4.56. The summed E-state index contributed by atoms with van der Waals surface area (Å²) < 4.78 is 7.70. The van der Waals surface area contributed by atoms with Crippen molar-refractivity contribution < 1.29 is 9.53 Å². The van der Waals surface area contributed by atoms with Gasteiger partial charge in [-0.25, -0.2) is 0 Å². The maximum absolute atomic E-state index is 12.8. The average molecular weight is 474 g/mol. The molecule has 174 valence electrons. The highest BCUT2D eigenvalue weighted by Crippen LogP contribution is 2.24. The Morgan fingerprint density at radius 3 is 2.44 bits per heavy atom. The number of amides is 1. The van der Waals surface area contributed by atoms with Gasteiger partial charge in [0, 0.05) is 16.8 Å². The summed E-state index contributed by atoms with van der Waals surface area (Å²) >= 11 is 5.94. The molecule has 5 nitrogen and oxygen atoms in total. The molecule has 1 aromatic heterocycles. The van der Waals surface area contributed by atoms with Crippen LogP contribution in [-0.4, -0.2) is 15.7 Å². The van der Waals surface area contributed by atoms with Crippen LogP contribution in [0.5, 0.6) is 5.75 Å². The molecule has 0 aliphatic heterocycles. The van der Waals surface area contributed by atoms with Gasteiger partial charge in [0.05, 0.1) is 18.4 Å². The second kappa shape index (κ2) is 10.1. The van der Waals surface area contributed by atoms with Gasteiger partial charge in [0.1, 0.15) is 12.4 Å². The van der Waals surface area contributed by atoms with Gasteiger partial charge in [0.15, 0.2) is 0 Å². The van der Waals surface area contributed by atoms with Gasteiger partial charge in [0.25, 0.3) is 5.91 Å². The molecule has 0 aliphatic carbocycles. The van der Waals surface area contributed by atoms with Gasteiger partial charge in [-0.3, -0.25) is 9.48 Å². The van der Waals surface area contributed by atoms with Crippen LogP contribution in [0.4, 0.5) is 5.69 Å². The Kier molecular flexibility index (Phi) is 7.03. The minimum absolute atomic E-state index is 0.104. The van der Waals surface area contributed by atoms with E-state index in [0.717, 1.165) is 16.9 Å². The van der Waals surface area contributed by atoms with Gasteiger partial charge in [-0.2, -0.15) is 5.10 Å². The molecule has 0 spiro atoms. The number of ether oxygens (including phenoxy) is 1. The van der Waals surface area contributed by atoms with Crippen molar-refractivity contribution in [3.63, 3.8) is 0 Å². The molecule has 0 aliphatic rings. The van der Waals surface area contributed by atoms with Crippen molar-refractivity contribution in [2.75, 3.05) is 5.32 Å². The molecule has 0 saturated heterocycles. The monoisotopic (exact) mass is 473 g/mol. The standard InChI is InChI=1S/C28H28ClN3O2/c1-28(2,3)23-9-13-26(14-10-23)34-19-21-5-4-6-22(15-21)27(33)31-25-16-30-32(18-25)17-20-7-11-24(29)12-8-20/h4-16,18H,17,19H2,1-3H3,(H,31,33). The first-order chi connectivity index (χ1) is 16.3. The van der Waals surface area contributed by atoms with Gasteiger partial charge in [-0.05, 0) is 58.5 Å². The summed E-state index contributed by atoms with van der Waals surface area (Å²) in [5, 5.41) is 7.94. The van der Waals surface area contributed by atoms with Gasteiger partial charge < -0.3 is 10.1 Å². The van der Waals surface area contributed by atoms with Crippen molar-refractivity contribution in [2.24, 2.45) is 0 Å². The van der Waals surface area contributed by atoms with E-state index in [4.69, 9.17) is 16.3 Å². The Bertz CT molecular complexity index is 1260. The van der Waals surface area contributed by atoms with Crippen molar-refractivity contribution in [3.8, 4) is 5.75 Å². The molecule has 1 amide bonds. The molecule has 34 heavy (non-hydrogen) atoms. The Morgan fingerprint density at radius 1 is 1.00 bits per heavy atom. The second-order valence-electron chi connectivity index (χ2n) is 9.27. The number of rotatable bonds is 7. The van der Waals surface area contributed by atoms with Crippen LogP contribution in [0.2, 0.25) is 5.02 Å². The Morgan fingerprint density at radius 2 is 1.74 bits per heavy atom. The lowest BCUT2D eigenvalue weighted by Gasteiger charge is -2.19. The second-order valence-corrected chi connectivity index (χ2v) is 9.71. The van der Waals surface area contributed by atoms with Crippen LogP contribution in [0, 0.1) is 0 Å². The van der Waals surface area contributed by atoms with E-state index >= 15 is 0 Å². The number of aromatic nitrogens is 2. The summed E-state index contributed by atoms with van der Waals surface area (Å²) in [7, 11) is 0. The third kappa shape index (κ3) is 6.27. The molecule has 3 aromatic carbocycles. The van der Waals surface area contributed by atoms with Crippen molar-refractivity contribution in [1.82, 2.24) is 9.78 Å². The minimum Gasteiger partial charge on any atom is -0.489 e. The Labute approximate surface area is 205 Å². The number of halogens is 1. The Balaban J connectivity index is 1.34. The van der Waals surface area contributed by atoms with E-state index in [1.807, 2.05) is 54.6 Å². The molecule has 0 bridgehead atoms. The number of nitrogens with zero attached hydrogens (tertiary/aromatic N) is 2. The quantitative estimate of drug-likeness (QED) is 0.324. The van der Waals surface area contributed by atoms with E-state index in [-0.39, 0.29) is 11.3 Å². The zero-order valence-corrected chi connectivity index (χ0v) is 20.3. The first-order valence-electron chi connectivity index (χ1n) is 11.2. The topological polar surface area (TPSA) is 56.1 Å². The fourth-order valence-electron chi connectivity index (χ4n) is 3.51. The number of carbonyl (C=O) groups excluding carboxylic acids is 1. The summed E-state index contributed by atoms with van der Waals surface area (Å²) in [6.45, 7) is 7.53. The van der Waals surface area contributed by atoms with Crippen molar-refractivity contribution >= 4 is 23.2 Å². The smallest absolute Gasteiger partial charge is 0.255 e. The van der Waals surface area contributed by atoms with Crippen LogP contribution in [0.15, 0.2) is 85.2 Å². The highest BCUT2D eigenvalue weighted by atomic mass is 35.5. The third-order valence-electron chi connectivity index (χ3n) is 5.46. The van der Waals surface area contributed by atoms with E-state index in [9.17, 15) is 4.79 Å². The number of carbonyl (C=O) groups is 1. The van der Waals surface area contributed by atoms with Gasteiger partial charge >= 0.3 is 0 Å². The first kappa shape index (κ1) is 23.6. The molecule has 0 fully saturated rings. The maximum atomic E-state index is 12.8. The number of hydrogen-bond acceptors (Lipinski definition) is 3. The molecule has 0 radical (unpaired) electrons. The molecule has 1 heterocycles. The van der Waals surface area contributed by atoms with Crippen LogP contribution in [0.1, 0.15) is 47.8 Å². The lowest BCUT2D eigenvalue weighted by molar-refractivity contribution is 0.102. The van der Waals surface area contributed by atoms with Crippen LogP contribution in [0.25, 0.3) is 0 Å². The van der Waals surface area contributed by atoms with E-state index in [1.54, 1.807) is 23.1 Å². The summed E-state index contributed by atoms with van der Waals surface area (Å²) in [4.78, 5) is 12.8. The highest BCUT2D eigenvalue weighted by Gasteiger charge is 2.13. The zero-order chi connectivity index (χ0) is 24.1. The lowest BCUT2D eigenvalue weighted by atomic mass is 9.87. The first-order valence-corrected chi connectivity index (χ1v) is 11.5. The van der Waals surface area contributed by atoms with Crippen LogP contribution >= 0.6 is 11.6 Å². The normalized spacial score (nSPS) is 11.3. The number of benzene rings is 3. The molecular formula is C28H28ClN3O2. The third-order valence-corrected chi connectivity index (χ3v) is 5.72. The van der Waals surface area contributed by atoms with E-state index < -0.39 is 0 Å². The van der Waals surface area contributed by atoms with Crippen LogP contribution in [-0.2, 0) is 18.6 Å². The molecule has 0 atom stereocenters. The fourth-order valence-corrected chi connectivity index (χ4v) is 3.64. The van der Waals surface area contributed by atoms with Crippen molar-refractivity contribution in [2.45, 2.75) is 39.3 Å². The van der Waals surface area contributed by atoms with Gasteiger partial charge in [-0.1, -0.05) is 68.8 Å². The predicted molar refractivity (Wildman–Crippen MR) is 137 cm³/mol. The van der Waals surface area contributed by atoms with Crippen molar-refractivity contribution in [3.05, 3.63) is 112 Å². The van der Waals surface area contributed by atoms with Crippen LogP contribution in [0.3, 0.4) is 0 Å². The number of hydrogen-bond donors (Lipinski definition) is 1. The predicted octanol–water partition coefficient (Wildman–Crippen LogP) is 6.71. The van der Waals surface area contributed by atoms with Gasteiger partial charge in [0.2, 0.25) is 0 Å². The minimum atomic E-state index is -0.192. The molecule has 0 saturated carbocycles. The van der Waals surface area contributed by atoms with Gasteiger partial charge in [-0.15, -0.1) is 0 Å². The summed E-state index contributed by atoms with van der Waals surface area (Å²) in [6, 6.07) is 23.2. The molecular weight excluding hydrogens is 446 g/mol. The molecule has 4 aromatic rings. The van der Waals surface area contributed by atoms with E-state index in [2.05, 4.69) is 43.3 Å².